The van der Waals surface area contributed by atoms with Gasteiger partial charge in [0.05, 0.1) is 25.1 Å². The Balaban J connectivity index is 2.13. The molecule has 0 fully saturated rings. The van der Waals surface area contributed by atoms with Crippen molar-refractivity contribution >= 4 is 11.6 Å². The van der Waals surface area contributed by atoms with E-state index in [0.717, 1.165) is 0 Å². The minimum atomic E-state index is -0.656. The van der Waals surface area contributed by atoms with Crippen molar-refractivity contribution in [2.24, 2.45) is 0 Å². The zero-order valence-electron chi connectivity index (χ0n) is 10.8. The molecule has 1 unspecified atom stereocenters. The molecule has 3 rings (SSSR count). The summed E-state index contributed by atoms with van der Waals surface area (Å²) in [6.45, 7) is 0. The summed E-state index contributed by atoms with van der Waals surface area (Å²) in [7, 11) is 1.55. The number of methoxy groups -OCH3 is 1. The maximum atomic E-state index is 12.5. The molecule has 0 N–H and O–H groups in total. The SMILES string of the molecule is COc1ccc2c(c1)C(C#N)N(c1cccnc1)C2=O. The summed E-state index contributed by atoms with van der Waals surface area (Å²) >= 11 is 0. The Hall–Kier alpha value is -2.87. The quantitative estimate of drug-likeness (QED) is 0.835. The van der Waals surface area contributed by atoms with Gasteiger partial charge in [0.2, 0.25) is 0 Å². The molecule has 5 heteroatoms. The molecule has 0 radical (unpaired) electrons. The van der Waals surface area contributed by atoms with Crippen molar-refractivity contribution in [3.8, 4) is 11.8 Å². The van der Waals surface area contributed by atoms with Crippen LogP contribution in [0.3, 0.4) is 0 Å². The van der Waals surface area contributed by atoms with E-state index in [0.29, 0.717) is 22.6 Å². The topological polar surface area (TPSA) is 66.2 Å². The van der Waals surface area contributed by atoms with Gasteiger partial charge in [0, 0.05) is 17.3 Å². The third kappa shape index (κ3) is 1.70. The molecule has 1 amide bonds. The Kier molecular flexibility index (Phi) is 2.84. The van der Waals surface area contributed by atoms with E-state index in [1.807, 2.05) is 0 Å². The van der Waals surface area contributed by atoms with Gasteiger partial charge in [0.1, 0.15) is 5.75 Å². The number of aromatic nitrogens is 1. The number of amides is 1. The summed E-state index contributed by atoms with van der Waals surface area (Å²) in [6, 6.07) is 10.2. The van der Waals surface area contributed by atoms with Gasteiger partial charge in [0.25, 0.3) is 5.91 Å². The Labute approximate surface area is 116 Å². The Bertz CT molecular complexity index is 707. The van der Waals surface area contributed by atoms with Crippen molar-refractivity contribution in [3.63, 3.8) is 0 Å². The number of carbonyl (C=O) groups is 1. The van der Waals surface area contributed by atoms with Crippen LogP contribution in [0.5, 0.6) is 5.75 Å². The lowest BCUT2D eigenvalue weighted by molar-refractivity contribution is 0.0994. The van der Waals surface area contributed by atoms with Gasteiger partial charge in [-0.2, -0.15) is 5.26 Å². The van der Waals surface area contributed by atoms with E-state index in [2.05, 4.69) is 11.1 Å². The highest BCUT2D eigenvalue weighted by Crippen LogP contribution is 2.38. The first-order valence-corrected chi connectivity index (χ1v) is 6.07. The number of hydrogen-bond acceptors (Lipinski definition) is 4. The minimum absolute atomic E-state index is 0.192. The highest BCUT2D eigenvalue weighted by atomic mass is 16.5. The average Bonchev–Trinajstić information content (AvgIpc) is 2.79. The summed E-state index contributed by atoms with van der Waals surface area (Å²) in [4.78, 5) is 17.9. The van der Waals surface area contributed by atoms with Crippen LogP contribution >= 0.6 is 0 Å². The number of pyridine rings is 1. The first-order valence-electron chi connectivity index (χ1n) is 6.07. The lowest BCUT2D eigenvalue weighted by Crippen LogP contribution is -2.26. The smallest absolute Gasteiger partial charge is 0.260 e. The predicted molar refractivity (Wildman–Crippen MR) is 72.4 cm³/mol. The predicted octanol–water partition coefficient (Wildman–Crippen LogP) is 2.32. The van der Waals surface area contributed by atoms with Crippen LogP contribution in [0, 0.1) is 11.3 Å². The van der Waals surface area contributed by atoms with Gasteiger partial charge in [-0.15, -0.1) is 0 Å². The van der Waals surface area contributed by atoms with Crippen molar-refractivity contribution < 1.29 is 9.53 Å². The molecule has 0 spiro atoms. The molecular formula is C15H11N3O2. The number of anilines is 1. The molecule has 1 aliphatic heterocycles. The average molecular weight is 265 g/mol. The zero-order chi connectivity index (χ0) is 14.1. The summed E-state index contributed by atoms with van der Waals surface area (Å²) in [6.07, 6.45) is 3.20. The van der Waals surface area contributed by atoms with E-state index in [9.17, 15) is 10.1 Å². The largest absolute Gasteiger partial charge is 0.497 e. The van der Waals surface area contributed by atoms with Gasteiger partial charge >= 0.3 is 0 Å². The standard InChI is InChI=1S/C15H11N3O2/c1-20-11-4-5-12-13(7-11)14(8-16)18(15(12)19)10-3-2-6-17-9-10/h2-7,9,14H,1H3. The number of rotatable bonds is 2. The first-order chi connectivity index (χ1) is 9.76. The summed E-state index contributed by atoms with van der Waals surface area (Å²) in [5.74, 6) is 0.437. The van der Waals surface area contributed by atoms with Crippen LogP contribution in [-0.4, -0.2) is 18.0 Å². The fourth-order valence-electron chi connectivity index (χ4n) is 2.36. The number of fused-ring (bicyclic) bond motifs is 1. The van der Waals surface area contributed by atoms with Crippen LogP contribution in [0.2, 0.25) is 0 Å². The number of carbonyl (C=O) groups excluding carboxylic acids is 1. The molecule has 0 saturated carbocycles. The number of nitriles is 1. The van der Waals surface area contributed by atoms with Crippen LogP contribution < -0.4 is 9.64 Å². The van der Waals surface area contributed by atoms with E-state index in [1.165, 1.54) is 4.90 Å². The highest BCUT2D eigenvalue weighted by Gasteiger charge is 2.38. The minimum Gasteiger partial charge on any atom is -0.497 e. The third-order valence-corrected chi connectivity index (χ3v) is 3.31. The van der Waals surface area contributed by atoms with Gasteiger partial charge in [-0.25, -0.2) is 0 Å². The molecule has 5 nitrogen and oxygen atoms in total. The van der Waals surface area contributed by atoms with Gasteiger partial charge in [-0.05, 0) is 30.3 Å². The molecule has 1 aromatic heterocycles. The lowest BCUT2D eigenvalue weighted by atomic mass is 10.1. The monoisotopic (exact) mass is 265 g/mol. The first kappa shape index (κ1) is 12.2. The van der Waals surface area contributed by atoms with Crippen LogP contribution in [0.4, 0.5) is 5.69 Å². The van der Waals surface area contributed by atoms with Crippen LogP contribution in [0.15, 0.2) is 42.7 Å². The Morgan fingerprint density at radius 2 is 2.25 bits per heavy atom. The molecule has 1 aromatic carbocycles. The molecule has 98 valence electrons. The Morgan fingerprint density at radius 3 is 2.90 bits per heavy atom. The van der Waals surface area contributed by atoms with E-state index in [1.54, 1.807) is 49.8 Å². The van der Waals surface area contributed by atoms with Crippen LogP contribution in [0.1, 0.15) is 22.0 Å². The number of nitrogens with zero attached hydrogens (tertiary/aromatic N) is 3. The molecule has 0 bridgehead atoms. The zero-order valence-corrected chi connectivity index (χ0v) is 10.8. The van der Waals surface area contributed by atoms with E-state index in [-0.39, 0.29) is 5.91 Å². The molecule has 1 aliphatic rings. The second-order valence-corrected chi connectivity index (χ2v) is 4.37. The lowest BCUT2D eigenvalue weighted by Gasteiger charge is -2.19. The van der Waals surface area contributed by atoms with Gasteiger partial charge < -0.3 is 4.74 Å². The van der Waals surface area contributed by atoms with Crippen molar-refractivity contribution in [2.45, 2.75) is 6.04 Å². The number of ether oxygens (including phenoxy) is 1. The van der Waals surface area contributed by atoms with Crippen molar-refractivity contribution in [1.29, 1.82) is 5.26 Å². The second kappa shape index (κ2) is 4.67. The Morgan fingerprint density at radius 1 is 1.40 bits per heavy atom. The molecule has 0 aliphatic carbocycles. The maximum Gasteiger partial charge on any atom is 0.260 e. The summed E-state index contributed by atoms with van der Waals surface area (Å²) in [5, 5.41) is 9.42. The van der Waals surface area contributed by atoms with E-state index in [4.69, 9.17) is 4.74 Å². The fraction of sp³-hybridized carbons (Fsp3) is 0.133. The van der Waals surface area contributed by atoms with Crippen molar-refractivity contribution in [2.75, 3.05) is 12.0 Å². The molecule has 0 saturated heterocycles. The van der Waals surface area contributed by atoms with E-state index >= 15 is 0 Å². The number of benzene rings is 1. The molecule has 2 aromatic rings. The van der Waals surface area contributed by atoms with Crippen LogP contribution in [-0.2, 0) is 0 Å². The number of hydrogen-bond donors (Lipinski definition) is 0. The highest BCUT2D eigenvalue weighted by molar-refractivity contribution is 6.11. The molecule has 20 heavy (non-hydrogen) atoms. The van der Waals surface area contributed by atoms with Gasteiger partial charge in [0.15, 0.2) is 6.04 Å². The van der Waals surface area contributed by atoms with Gasteiger partial charge in [-0.3, -0.25) is 14.7 Å². The summed E-state index contributed by atoms with van der Waals surface area (Å²) in [5.41, 5.74) is 1.81. The molecule has 1 atom stereocenters. The van der Waals surface area contributed by atoms with Gasteiger partial charge in [-0.1, -0.05) is 0 Å². The third-order valence-electron chi connectivity index (χ3n) is 3.31. The normalized spacial score (nSPS) is 16.7. The van der Waals surface area contributed by atoms with Crippen LogP contribution in [0.25, 0.3) is 0 Å². The van der Waals surface area contributed by atoms with E-state index < -0.39 is 6.04 Å². The molecular weight excluding hydrogens is 254 g/mol. The van der Waals surface area contributed by atoms with Crippen molar-refractivity contribution in [3.05, 3.63) is 53.9 Å². The second-order valence-electron chi connectivity index (χ2n) is 4.37. The molecule has 2 heterocycles. The summed E-state index contributed by atoms with van der Waals surface area (Å²) < 4.78 is 5.16. The van der Waals surface area contributed by atoms with Crippen molar-refractivity contribution in [1.82, 2.24) is 4.98 Å². The fourth-order valence-corrected chi connectivity index (χ4v) is 2.36. The maximum absolute atomic E-state index is 12.5.